The predicted molar refractivity (Wildman–Crippen MR) is 80.8 cm³/mol. The maximum atomic E-state index is 11.8. The Bertz CT molecular complexity index is 601. The zero-order valence-corrected chi connectivity index (χ0v) is 12.4. The fraction of sp³-hybridized carbons (Fsp3) is 0.0769. The van der Waals surface area contributed by atoms with Crippen molar-refractivity contribution in [2.24, 2.45) is 0 Å². The van der Waals surface area contributed by atoms with Gasteiger partial charge in [0.05, 0.1) is 16.9 Å². The van der Waals surface area contributed by atoms with Crippen molar-refractivity contribution in [2.75, 3.05) is 10.6 Å². The van der Waals surface area contributed by atoms with Crippen LogP contribution in [0.5, 0.6) is 0 Å². The summed E-state index contributed by atoms with van der Waals surface area (Å²) in [5.74, 6) is 0. The Labute approximate surface area is 124 Å². The van der Waals surface area contributed by atoms with Crippen molar-refractivity contribution >= 4 is 44.9 Å². The molecule has 6 heteroatoms. The highest BCUT2D eigenvalue weighted by Crippen LogP contribution is 2.22. The Morgan fingerprint density at radius 1 is 1.21 bits per heavy atom. The molecule has 0 spiro atoms. The minimum atomic E-state index is -0.343. The molecule has 0 unspecified atom stereocenters. The zero-order valence-electron chi connectivity index (χ0n) is 10.1. The van der Waals surface area contributed by atoms with E-state index in [2.05, 4.69) is 31.5 Å². The second-order valence-corrected chi connectivity index (χ2v) is 5.10. The van der Waals surface area contributed by atoms with Gasteiger partial charge in [0.2, 0.25) is 0 Å². The molecule has 19 heavy (non-hydrogen) atoms. The van der Waals surface area contributed by atoms with Gasteiger partial charge >= 0.3 is 6.03 Å². The zero-order chi connectivity index (χ0) is 13.8. The average Bonchev–Trinajstić information content (AvgIpc) is 2.37. The summed E-state index contributed by atoms with van der Waals surface area (Å²) < 4.78 is 0.540. The van der Waals surface area contributed by atoms with Gasteiger partial charge in [0.25, 0.3) is 0 Å². The van der Waals surface area contributed by atoms with Crippen LogP contribution in [0.2, 0.25) is 5.02 Å². The van der Waals surface area contributed by atoms with Crippen LogP contribution in [-0.4, -0.2) is 11.0 Å². The lowest BCUT2D eigenvalue weighted by molar-refractivity contribution is 0.262. The fourth-order valence-corrected chi connectivity index (χ4v) is 1.80. The Hall–Kier alpha value is -1.59. The van der Waals surface area contributed by atoms with Crippen LogP contribution >= 0.6 is 27.5 Å². The highest BCUT2D eigenvalue weighted by molar-refractivity contribution is 9.10. The van der Waals surface area contributed by atoms with Crippen LogP contribution in [0, 0.1) is 6.92 Å². The van der Waals surface area contributed by atoms with E-state index in [-0.39, 0.29) is 6.03 Å². The maximum Gasteiger partial charge on any atom is 0.323 e. The van der Waals surface area contributed by atoms with Crippen molar-refractivity contribution in [2.45, 2.75) is 6.92 Å². The number of carbonyl (C=O) groups is 1. The molecule has 0 fully saturated rings. The highest BCUT2D eigenvalue weighted by Gasteiger charge is 2.05. The third-order valence-electron chi connectivity index (χ3n) is 2.36. The molecule has 0 aliphatic heterocycles. The number of rotatable bonds is 2. The fourth-order valence-electron chi connectivity index (χ4n) is 1.42. The predicted octanol–water partition coefficient (Wildman–Crippen LogP) is 4.45. The lowest BCUT2D eigenvalue weighted by Crippen LogP contribution is -2.19. The van der Waals surface area contributed by atoms with Gasteiger partial charge in [0, 0.05) is 5.69 Å². The SMILES string of the molecule is Cc1ccc(NC(=O)Nc2cnc(Br)c(Cl)c2)cc1. The Morgan fingerprint density at radius 2 is 1.84 bits per heavy atom. The van der Waals surface area contributed by atoms with Gasteiger partial charge in [-0.1, -0.05) is 29.3 Å². The van der Waals surface area contributed by atoms with E-state index in [0.29, 0.717) is 15.3 Å². The second kappa shape index (κ2) is 6.04. The summed E-state index contributed by atoms with van der Waals surface area (Å²) in [7, 11) is 0. The Balaban J connectivity index is 2.01. The highest BCUT2D eigenvalue weighted by atomic mass is 79.9. The first kappa shape index (κ1) is 13.8. The summed E-state index contributed by atoms with van der Waals surface area (Å²) in [5.41, 5.74) is 2.38. The number of aryl methyl sites for hydroxylation is 1. The number of nitrogens with one attached hydrogen (secondary N) is 2. The van der Waals surface area contributed by atoms with E-state index < -0.39 is 0 Å². The quantitative estimate of drug-likeness (QED) is 0.794. The van der Waals surface area contributed by atoms with Gasteiger partial charge in [-0.25, -0.2) is 9.78 Å². The van der Waals surface area contributed by atoms with Gasteiger partial charge in [0.1, 0.15) is 4.60 Å². The summed E-state index contributed by atoms with van der Waals surface area (Å²) in [5, 5.41) is 5.81. The first-order chi connectivity index (χ1) is 9.04. The first-order valence-corrected chi connectivity index (χ1v) is 6.67. The number of benzene rings is 1. The minimum Gasteiger partial charge on any atom is -0.308 e. The third kappa shape index (κ3) is 3.94. The number of amides is 2. The van der Waals surface area contributed by atoms with E-state index in [1.807, 2.05) is 31.2 Å². The van der Waals surface area contributed by atoms with Crippen LogP contribution in [0.15, 0.2) is 41.1 Å². The van der Waals surface area contributed by atoms with Gasteiger partial charge in [-0.15, -0.1) is 0 Å². The van der Waals surface area contributed by atoms with Crippen LogP contribution in [0.3, 0.4) is 0 Å². The van der Waals surface area contributed by atoms with Crippen molar-refractivity contribution in [3.63, 3.8) is 0 Å². The number of hydrogen-bond acceptors (Lipinski definition) is 2. The van der Waals surface area contributed by atoms with Crippen molar-refractivity contribution < 1.29 is 4.79 Å². The molecular formula is C13H11BrClN3O. The van der Waals surface area contributed by atoms with E-state index >= 15 is 0 Å². The van der Waals surface area contributed by atoms with E-state index in [1.165, 1.54) is 6.20 Å². The molecule has 1 heterocycles. The maximum absolute atomic E-state index is 11.8. The first-order valence-electron chi connectivity index (χ1n) is 5.50. The summed E-state index contributed by atoms with van der Waals surface area (Å²) in [6.45, 7) is 1.99. The smallest absolute Gasteiger partial charge is 0.308 e. The van der Waals surface area contributed by atoms with Gasteiger partial charge in [0.15, 0.2) is 0 Å². The molecule has 2 amide bonds. The summed E-state index contributed by atoms with van der Waals surface area (Å²) in [4.78, 5) is 15.8. The molecule has 0 radical (unpaired) electrons. The van der Waals surface area contributed by atoms with Gasteiger partial charge in [-0.05, 0) is 41.1 Å². The molecule has 1 aromatic heterocycles. The number of nitrogens with zero attached hydrogens (tertiary/aromatic N) is 1. The largest absolute Gasteiger partial charge is 0.323 e. The summed E-state index contributed by atoms with van der Waals surface area (Å²) in [6.07, 6.45) is 1.52. The van der Waals surface area contributed by atoms with Crippen molar-refractivity contribution in [3.05, 3.63) is 51.7 Å². The molecule has 0 atom stereocenters. The molecule has 1 aromatic carbocycles. The van der Waals surface area contributed by atoms with E-state index in [1.54, 1.807) is 6.07 Å². The molecule has 0 aliphatic rings. The molecule has 4 nitrogen and oxygen atoms in total. The monoisotopic (exact) mass is 339 g/mol. The van der Waals surface area contributed by atoms with Crippen molar-refractivity contribution in [1.29, 1.82) is 0 Å². The van der Waals surface area contributed by atoms with Crippen molar-refractivity contribution in [3.8, 4) is 0 Å². The summed E-state index contributed by atoms with van der Waals surface area (Å²) >= 11 is 9.08. The lowest BCUT2D eigenvalue weighted by Gasteiger charge is -2.08. The molecule has 0 saturated carbocycles. The minimum absolute atomic E-state index is 0.343. The standard InChI is InChI=1S/C13H11BrClN3O/c1-8-2-4-9(5-3-8)17-13(19)18-10-6-11(15)12(14)16-7-10/h2-7H,1H3,(H2,17,18,19). The van der Waals surface area contributed by atoms with Gasteiger partial charge < -0.3 is 10.6 Å². The van der Waals surface area contributed by atoms with Crippen LogP contribution in [0.25, 0.3) is 0 Å². The molecule has 2 aromatic rings. The molecular weight excluding hydrogens is 330 g/mol. The number of carbonyl (C=O) groups excluding carboxylic acids is 1. The molecule has 98 valence electrons. The molecule has 0 saturated heterocycles. The number of pyridine rings is 1. The number of halogens is 2. The second-order valence-electron chi connectivity index (χ2n) is 3.94. The lowest BCUT2D eigenvalue weighted by atomic mass is 10.2. The molecule has 2 N–H and O–H groups in total. The van der Waals surface area contributed by atoms with Crippen LogP contribution in [0.4, 0.5) is 16.2 Å². The van der Waals surface area contributed by atoms with Gasteiger partial charge in [-0.3, -0.25) is 0 Å². The molecule has 2 rings (SSSR count). The molecule has 0 aliphatic carbocycles. The van der Waals surface area contributed by atoms with Crippen LogP contribution in [0.1, 0.15) is 5.56 Å². The Morgan fingerprint density at radius 3 is 2.47 bits per heavy atom. The van der Waals surface area contributed by atoms with Crippen LogP contribution < -0.4 is 10.6 Å². The van der Waals surface area contributed by atoms with Crippen LogP contribution in [-0.2, 0) is 0 Å². The molecule has 0 bridgehead atoms. The Kier molecular flexibility index (Phi) is 4.39. The normalized spacial score (nSPS) is 10.1. The van der Waals surface area contributed by atoms with E-state index in [9.17, 15) is 4.79 Å². The number of anilines is 2. The van der Waals surface area contributed by atoms with E-state index in [0.717, 1.165) is 11.3 Å². The topological polar surface area (TPSA) is 54.0 Å². The number of urea groups is 1. The van der Waals surface area contributed by atoms with Gasteiger partial charge in [-0.2, -0.15) is 0 Å². The van der Waals surface area contributed by atoms with E-state index in [4.69, 9.17) is 11.6 Å². The number of aromatic nitrogens is 1. The third-order valence-corrected chi connectivity index (χ3v) is 3.51. The average molecular weight is 341 g/mol. The van der Waals surface area contributed by atoms with Crippen molar-refractivity contribution in [1.82, 2.24) is 4.98 Å². The summed E-state index contributed by atoms with van der Waals surface area (Å²) in [6, 6.07) is 8.79. The number of hydrogen-bond donors (Lipinski definition) is 2.